The number of nitrogens with zero attached hydrogens (tertiary/aromatic N) is 1. The van der Waals surface area contributed by atoms with E-state index in [-0.39, 0.29) is 5.91 Å². The van der Waals surface area contributed by atoms with Gasteiger partial charge in [-0.05, 0) is 19.8 Å². The van der Waals surface area contributed by atoms with Gasteiger partial charge in [0, 0.05) is 17.8 Å². The van der Waals surface area contributed by atoms with E-state index in [1.165, 1.54) is 0 Å². The van der Waals surface area contributed by atoms with E-state index in [0.29, 0.717) is 12.6 Å². The molecule has 0 saturated carbocycles. The van der Waals surface area contributed by atoms with Gasteiger partial charge in [0.15, 0.2) is 0 Å². The molecule has 3 nitrogen and oxygen atoms in total. The number of rotatable bonds is 2. The number of amides is 1. The van der Waals surface area contributed by atoms with E-state index in [1.54, 1.807) is 0 Å². The van der Waals surface area contributed by atoms with Crippen molar-refractivity contribution >= 4 is 5.91 Å². The van der Waals surface area contributed by atoms with Crippen LogP contribution in [0.25, 0.3) is 0 Å². The van der Waals surface area contributed by atoms with E-state index in [2.05, 4.69) is 19.2 Å². The van der Waals surface area contributed by atoms with Gasteiger partial charge in [0.2, 0.25) is 0 Å². The first kappa shape index (κ1) is 10.1. The summed E-state index contributed by atoms with van der Waals surface area (Å²) in [6, 6.07) is 0. The van der Waals surface area contributed by atoms with Gasteiger partial charge in [0.05, 0.1) is 6.67 Å². The molecule has 74 valence electrons. The SMILES string of the molecule is CCN1CNC(C)=C(C(C)C)C1=O. The van der Waals surface area contributed by atoms with Gasteiger partial charge in [-0.1, -0.05) is 13.8 Å². The second-order valence-corrected chi connectivity index (χ2v) is 3.69. The molecule has 1 N–H and O–H groups in total. The molecule has 0 spiro atoms. The van der Waals surface area contributed by atoms with Crippen molar-refractivity contribution in [2.24, 2.45) is 5.92 Å². The molecule has 0 aromatic rings. The fourth-order valence-electron chi connectivity index (χ4n) is 1.65. The zero-order chi connectivity index (χ0) is 10.0. The average molecular weight is 182 g/mol. The third-order valence-corrected chi connectivity index (χ3v) is 2.42. The van der Waals surface area contributed by atoms with Crippen molar-refractivity contribution in [1.82, 2.24) is 10.2 Å². The van der Waals surface area contributed by atoms with Crippen LogP contribution in [0.2, 0.25) is 0 Å². The zero-order valence-electron chi connectivity index (χ0n) is 8.85. The zero-order valence-corrected chi connectivity index (χ0v) is 8.85. The summed E-state index contributed by atoms with van der Waals surface area (Å²) in [4.78, 5) is 13.7. The summed E-state index contributed by atoms with van der Waals surface area (Å²) < 4.78 is 0. The third kappa shape index (κ3) is 1.85. The minimum atomic E-state index is 0.189. The quantitative estimate of drug-likeness (QED) is 0.698. The van der Waals surface area contributed by atoms with Crippen molar-refractivity contribution in [1.29, 1.82) is 0 Å². The monoisotopic (exact) mass is 182 g/mol. The van der Waals surface area contributed by atoms with Crippen molar-refractivity contribution in [3.05, 3.63) is 11.3 Å². The van der Waals surface area contributed by atoms with Crippen LogP contribution in [0.5, 0.6) is 0 Å². The minimum Gasteiger partial charge on any atom is -0.371 e. The molecular weight excluding hydrogens is 164 g/mol. The first-order valence-electron chi connectivity index (χ1n) is 4.81. The topological polar surface area (TPSA) is 32.3 Å². The molecule has 3 heteroatoms. The molecule has 0 unspecified atom stereocenters. The maximum absolute atomic E-state index is 11.8. The van der Waals surface area contributed by atoms with Gasteiger partial charge in [-0.2, -0.15) is 0 Å². The highest BCUT2D eigenvalue weighted by atomic mass is 16.2. The second-order valence-electron chi connectivity index (χ2n) is 3.69. The number of likely N-dealkylation sites (N-methyl/N-ethyl adjacent to an activating group) is 1. The molecule has 0 radical (unpaired) electrons. The van der Waals surface area contributed by atoms with Gasteiger partial charge < -0.3 is 10.2 Å². The second kappa shape index (κ2) is 3.81. The Hall–Kier alpha value is -0.990. The first-order valence-corrected chi connectivity index (χ1v) is 4.81. The smallest absolute Gasteiger partial charge is 0.253 e. The third-order valence-electron chi connectivity index (χ3n) is 2.42. The summed E-state index contributed by atoms with van der Waals surface area (Å²) in [7, 11) is 0. The van der Waals surface area contributed by atoms with Crippen LogP contribution in [-0.4, -0.2) is 24.0 Å². The van der Waals surface area contributed by atoms with E-state index in [4.69, 9.17) is 0 Å². The molecule has 1 heterocycles. The summed E-state index contributed by atoms with van der Waals surface area (Å²) >= 11 is 0. The fourth-order valence-corrected chi connectivity index (χ4v) is 1.65. The Bertz CT molecular complexity index is 243. The van der Waals surface area contributed by atoms with E-state index >= 15 is 0 Å². The predicted molar refractivity (Wildman–Crippen MR) is 52.9 cm³/mol. The van der Waals surface area contributed by atoms with Gasteiger partial charge in [-0.3, -0.25) is 4.79 Å². The molecule has 0 aromatic carbocycles. The number of nitrogens with one attached hydrogen (secondary N) is 1. The van der Waals surface area contributed by atoms with Gasteiger partial charge in [0.1, 0.15) is 0 Å². The highest BCUT2D eigenvalue weighted by molar-refractivity contribution is 5.95. The van der Waals surface area contributed by atoms with E-state index in [9.17, 15) is 4.79 Å². The number of hydrogen-bond acceptors (Lipinski definition) is 2. The van der Waals surface area contributed by atoms with Crippen LogP contribution in [0.3, 0.4) is 0 Å². The lowest BCUT2D eigenvalue weighted by atomic mass is 9.98. The molecule has 1 aliphatic rings. The Morgan fingerprint density at radius 2 is 2.15 bits per heavy atom. The van der Waals surface area contributed by atoms with Gasteiger partial charge in [0.25, 0.3) is 5.91 Å². The van der Waals surface area contributed by atoms with E-state index in [0.717, 1.165) is 17.8 Å². The Morgan fingerprint density at radius 3 is 2.62 bits per heavy atom. The predicted octanol–water partition coefficient (Wildman–Crippen LogP) is 1.33. The van der Waals surface area contributed by atoms with Crippen molar-refractivity contribution in [2.75, 3.05) is 13.2 Å². The number of allylic oxidation sites excluding steroid dienone is 1. The molecule has 0 atom stereocenters. The summed E-state index contributed by atoms with van der Waals surface area (Å²) in [5.74, 6) is 0.489. The Balaban J connectivity index is 2.93. The molecular formula is C10H18N2O. The largest absolute Gasteiger partial charge is 0.371 e. The highest BCUT2D eigenvalue weighted by Crippen LogP contribution is 2.19. The van der Waals surface area contributed by atoms with Crippen LogP contribution in [0, 0.1) is 5.92 Å². The maximum Gasteiger partial charge on any atom is 0.253 e. The van der Waals surface area contributed by atoms with Crippen LogP contribution < -0.4 is 5.32 Å². The van der Waals surface area contributed by atoms with Crippen LogP contribution in [0.1, 0.15) is 27.7 Å². The van der Waals surface area contributed by atoms with Crippen molar-refractivity contribution in [2.45, 2.75) is 27.7 Å². The Labute approximate surface area is 79.8 Å². The van der Waals surface area contributed by atoms with Crippen molar-refractivity contribution in [3.8, 4) is 0 Å². The first-order chi connectivity index (χ1) is 6.07. The molecule has 1 rings (SSSR count). The molecule has 0 saturated heterocycles. The molecule has 0 fully saturated rings. The molecule has 0 aromatic heterocycles. The molecule has 0 aliphatic carbocycles. The van der Waals surface area contributed by atoms with Gasteiger partial charge in [-0.15, -0.1) is 0 Å². The summed E-state index contributed by atoms with van der Waals surface area (Å²) in [5, 5.41) is 3.23. The van der Waals surface area contributed by atoms with Gasteiger partial charge in [-0.25, -0.2) is 0 Å². The summed E-state index contributed by atoms with van der Waals surface area (Å²) in [6.07, 6.45) is 0. The van der Waals surface area contributed by atoms with Gasteiger partial charge >= 0.3 is 0 Å². The lowest BCUT2D eigenvalue weighted by Crippen LogP contribution is -2.45. The van der Waals surface area contributed by atoms with Crippen molar-refractivity contribution < 1.29 is 4.79 Å². The van der Waals surface area contributed by atoms with Crippen LogP contribution in [0.4, 0.5) is 0 Å². The lowest BCUT2D eigenvalue weighted by Gasteiger charge is -2.31. The lowest BCUT2D eigenvalue weighted by molar-refractivity contribution is -0.128. The van der Waals surface area contributed by atoms with Crippen LogP contribution >= 0.6 is 0 Å². The van der Waals surface area contributed by atoms with E-state index < -0.39 is 0 Å². The summed E-state index contributed by atoms with van der Waals surface area (Å²) in [5.41, 5.74) is 1.96. The number of carbonyl (C=O) groups is 1. The van der Waals surface area contributed by atoms with Crippen LogP contribution in [-0.2, 0) is 4.79 Å². The Kier molecular flexibility index (Phi) is 2.96. The normalized spacial score (nSPS) is 18.2. The molecule has 1 amide bonds. The molecule has 1 aliphatic heterocycles. The maximum atomic E-state index is 11.8. The Morgan fingerprint density at radius 1 is 1.54 bits per heavy atom. The molecule has 13 heavy (non-hydrogen) atoms. The minimum absolute atomic E-state index is 0.189. The summed E-state index contributed by atoms with van der Waals surface area (Å²) in [6.45, 7) is 9.50. The number of carbonyl (C=O) groups excluding carboxylic acids is 1. The van der Waals surface area contributed by atoms with E-state index in [1.807, 2.05) is 18.7 Å². The standard InChI is InChI=1S/C10H18N2O/c1-5-12-6-11-8(4)9(7(2)3)10(12)13/h7,11H,5-6H2,1-4H3. The van der Waals surface area contributed by atoms with Crippen LogP contribution in [0.15, 0.2) is 11.3 Å². The number of hydrogen-bond donors (Lipinski definition) is 1. The van der Waals surface area contributed by atoms with Crippen molar-refractivity contribution in [3.63, 3.8) is 0 Å². The highest BCUT2D eigenvalue weighted by Gasteiger charge is 2.25. The molecule has 0 bridgehead atoms. The average Bonchev–Trinajstić information content (AvgIpc) is 2.04. The fraction of sp³-hybridized carbons (Fsp3) is 0.700.